The Morgan fingerprint density at radius 1 is 1.26 bits per heavy atom. The highest BCUT2D eigenvalue weighted by Crippen LogP contribution is 2.39. The minimum atomic E-state index is 0.566. The van der Waals surface area contributed by atoms with Gasteiger partial charge in [0.1, 0.15) is 0 Å². The van der Waals surface area contributed by atoms with Crippen LogP contribution in [0.3, 0.4) is 0 Å². The third-order valence-electron chi connectivity index (χ3n) is 4.80. The summed E-state index contributed by atoms with van der Waals surface area (Å²) in [6.45, 7) is 3.26. The van der Waals surface area contributed by atoms with Gasteiger partial charge < -0.3 is 4.90 Å². The van der Waals surface area contributed by atoms with Gasteiger partial charge in [0.15, 0.2) is 0 Å². The van der Waals surface area contributed by atoms with E-state index in [4.69, 9.17) is 11.6 Å². The van der Waals surface area contributed by atoms with Gasteiger partial charge in [-0.05, 0) is 44.6 Å². The Balaban J connectivity index is 1.89. The van der Waals surface area contributed by atoms with Crippen molar-refractivity contribution in [1.82, 2.24) is 4.98 Å². The van der Waals surface area contributed by atoms with Crippen LogP contribution in [-0.4, -0.2) is 17.6 Å². The van der Waals surface area contributed by atoms with Gasteiger partial charge >= 0.3 is 0 Å². The topological polar surface area (TPSA) is 16.1 Å². The average Bonchev–Trinajstić information content (AvgIpc) is 3.09. The number of anilines is 1. The number of aryl methyl sites for hydroxylation is 1. The van der Waals surface area contributed by atoms with Gasteiger partial charge in [-0.2, -0.15) is 0 Å². The molecule has 1 aromatic heterocycles. The predicted molar refractivity (Wildman–Crippen MR) is 80.9 cm³/mol. The van der Waals surface area contributed by atoms with Gasteiger partial charge in [0.2, 0.25) is 0 Å². The van der Waals surface area contributed by atoms with Crippen molar-refractivity contribution >= 4 is 17.3 Å². The van der Waals surface area contributed by atoms with Gasteiger partial charge in [0, 0.05) is 35.7 Å². The van der Waals surface area contributed by atoms with Crippen molar-refractivity contribution in [3.8, 4) is 0 Å². The molecule has 1 aliphatic carbocycles. The monoisotopic (exact) mass is 278 g/mol. The van der Waals surface area contributed by atoms with Gasteiger partial charge in [0.25, 0.3) is 0 Å². The van der Waals surface area contributed by atoms with E-state index in [1.807, 2.05) is 6.20 Å². The minimum absolute atomic E-state index is 0.566. The van der Waals surface area contributed by atoms with E-state index in [9.17, 15) is 0 Å². The van der Waals surface area contributed by atoms with Gasteiger partial charge in [-0.25, -0.2) is 0 Å². The van der Waals surface area contributed by atoms with Crippen LogP contribution < -0.4 is 4.90 Å². The van der Waals surface area contributed by atoms with Crippen molar-refractivity contribution in [3.05, 3.63) is 23.5 Å². The molecule has 1 atom stereocenters. The van der Waals surface area contributed by atoms with Crippen LogP contribution >= 0.6 is 11.6 Å². The molecule has 104 valence electrons. The predicted octanol–water partition coefficient (Wildman–Crippen LogP) is 4.29. The summed E-state index contributed by atoms with van der Waals surface area (Å²) in [6, 6.07) is 2.97. The third kappa shape index (κ3) is 2.60. The molecule has 0 radical (unpaired) electrons. The molecule has 1 aromatic rings. The molecule has 19 heavy (non-hydrogen) atoms. The zero-order valence-corrected chi connectivity index (χ0v) is 12.5. The second-order valence-corrected chi connectivity index (χ2v) is 6.30. The first kappa shape index (κ1) is 13.2. The van der Waals surface area contributed by atoms with Gasteiger partial charge in [-0.15, -0.1) is 11.6 Å². The van der Waals surface area contributed by atoms with E-state index in [1.54, 1.807) is 0 Å². The summed E-state index contributed by atoms with van der Waals surface area (Å²) >= 11 is 6.10. The smallest absolute Gasteiger partial charge is 0.0509 e. The van der Waals surface area contributed by atoms with Crippen LogP contribution in [-0.2, 0) is 5.88 Å². The SMILES string of the molecule is Cc1cc(N2CCCC2C2CCCC2)c(CCl)cn1. The standard InChI is InChI=1S/C16H23ClN2/c1-12-9-16(14(10-17)11-18-12)19-8-4-7-15(19)13-5-2-3-6-13/h9,11,13,15H,2-8,10H2,1H3. The molecule has 1 saturated heterocycles. The van der Waals surface area contributed by atoms with Crippen LogP contribution in [0.25, 0.3) is 0 Å². The number of rotatable bonds is 3. The number of alkyl halides is 1. The first-order valence-corrected chi connectivity index (χ1v) is 8.11. The van der Waals surface area contributed by atoms with Crippen LogP contribution in [0, 0.1) is 12.8 Å². The van der Waals surface area contributed by atoms with E-state index in [-0.39, 0.29) is 0 Å². The van der Waals surface area contributed by atoms with Crippen LogP contribution in [0.5, 0.6) is 0 Å². The molecule has 0 aromatic carbocycles. The van der Waals surface area contributed by atoms with Gasteiger partial charge in [-0.3, -0.25) is 4.98 Å². The van der Waals surface area contributed by atoms with Crippen LogP contribution in [0.1, 0.15) is 49.8 Å². The molecule has 0 N–H and O–H groups in total. The Bertz CT molecular complexity index is 440. The van der Waals surface area contributed by atoms with Gasteiger partial charge in [0.05, 0.1) is 5.88 Å². The number of nitrogens with zero attached hydrogens (tertiary/aromatic N) is 2. The molecule has 2 heterocycles. The zero-order chi connectivity index (χ0) is 13.2. The lowest BCUT2D eigenvalue weighted by Crippen LogP contribution is -2.35. The van der Waals surface area contributed by atoms with Crippen molar-refractivity contribution in [3.63, 3.8) is 0 Å². The maximum absolute atomic E-state index is 6.10. The maximum Gasteiger partial charge on any atom is 0.0509 e. The molecule has 1 aliphatic heterocycles. The van der Waals surface area contributed by atoms with Crippen molar-refractivity contribution in [1.29, 1.82) is 0 Å². The molecular formula is C16H23ClN2. The van der Waals surface area contributed by atoms with Crippen molar-refractivity contribution in [2.45, 2.75) is 57.4 Å². The third-order valence-corrected chi connectivity index (χ3v) is 5.08. The second-order valence-electron chi connectivity index (χ2n) is 6.04. The number of halogens is 1. The van der Waals surface area contributed by atoms with Crippen LogP contribution in [0.15, 0.2) is 12.3 Å². The summed E-state index contributed by atoms with van der Waals surface area (Å²) in [5.74, 6) is 1.47. The molecule has 0 spiro atoms. The zero-order valence-electron chi connectivity index (χ0n) is 11.7. The van der Waals surface area contributed by atoms with Gasteiger partial charge in [-0.1, -0.05) is 12.8 Å². The number of aromatic nitrogens is 1. The molecule has 2 fully saturated rings. The van der Waals surface area contributed by atoms with Crippen LogP contribution in [0.2, 0.25) is 0 Å². The van der Waals surface area contributed by atoms with E-state index >= 15 is 0 Å². The molecule has 2 nitrogen and oxygen atoms in total. The fraction of sp³-hybridized carbons (Fsp3) is 0.688. The Morgan fingerprint density at radius 3 is 2.79 bits per heavy atom. The van der Waals surface area contributed by atoms with Crippen LogP contribution in [0.4, 0.5) is 5.69 Å². The number of hydrogen-bond donors (Lipinski definition) is 0. The summed E-state index contributed by atoms with van der Waals surface area (Å²) in [6.07, 6.45) is 10.3. The minimum Gasteiger partial charge on any atom is -0.368 e. The van der Waals surface area contributed by atoms with E-state index in [0.29, 0.717) is 5.88 Å². The quantitative estimate of drug-likeness (QED) is 0.767. The Hall–Kier alpha value is -0.760. The number of hydrogen-bond acceptors (Lipinski definition) is 2. The summed E-state index contributed by atoms with van der Waals surface area (Å²) in [5.41, 5.74) is 3.63. The van der Waals surface area contributed by atoms with E-state index < -0.39 is 0 Å². The summed E-state index contributed by atoms with van der Waals surface area (Å²) in [5, 5.41) is 0. The molecule has 0 amide bonds. The largest absolute Gasteiger partial charge is 0.368 e. The first-order chi connectivity index (χ1) is 9.29. The summed E-state index contributed by atoms with van der Waals surface area (Å²) in [4.78, 5) is 7.02. The highest BCUT2D eigenvalue weighted by Gasteiger charge is 2.34. The molecular weight excluding hydrogens is 256 g/mol. The summed E-state index contributed by atoms with van der Waals surface area (Å²) in [7, 11) is 0. The molecule has 2 aliphatic rings. The van der Waals surface area contributed by atoms with Crippen molar-refractivity contribution in [2.75, 3.05) is 11.4 Å². The highest BCUT2D eigenvalue weighted by molar-refractivity contribution is 6.17. The fourth-order valence-corrected chi connectivity index (χ4v) is 4.07. The lowest BCUT2D eigenvalue weighted by Gasteiger charge is -2.32. The lowest BCUT2D eigenvalue weighted by atomic mass is 9.95. The molecule has 0 bridgehead atoms. The molecule has 1 saturated carbocycles. The molecule has 1 unspecified atom stereocenters. The van der Waals surface area contributed by atoms with E-state index in [1.165, 1.54) is 56.3 Å². The van der Waals surface area contributed by atoms with E-state index in [0.717, 1.165) is 17.7 Å². The highest BCUT2D eigenvalue weighted by atomic mass is 35.5. The second kappa shape index (κ2) is 5.70. The van der Waals surface area contributed by atoms with Crippen molar-refractivity contribution in [2.24, 2.45) is 5.92 Å². The molecule has 3 rings (SSSR count). The van der Waals surface area contributed by atoms with Crippen molar-refractivity contribution < 1.29 is 0 Å². The Labute approximate surface area is 121 Å². The lowest BCUT2D eigenvalue weighted by molar-refractivity contribution is 0.430. The normalized spacial score (nSPS) is 24.3. The molecule has 3 heteroatoms. The summed E-state index contributed by atoms with van der Waals surface area (Å²) < 4.78 is 0. The maximum atomic E-state index is 6.10. The fourth-order valence-electron chi connectivity index (χ4n) is 3.87. The Kier molecular flexibility index (Phi) is 3.97. The van der Waals surface area contributed by atoms with E-state index in [2.05, 4.69) is 22.9 Å². The Morgan fingerprint density at radius 2 is 2.05 bits per heavy atom. The first-order valence-electron chi connectivity index (χ1n) is 7.57. The number of pyridine rings is 1. The average molecular weight is 279 g/mol.